The maximum absolute atomic E-state index is 12.1. The molecule has 0 saturated carbocycles. The molecule has 7 heteroatoms. The van der Waals surface area contributed by atoms with Crippen LogP contribution in [0.4, 0.5) is 5.69 Å². The molecule has 0 unspecified atom stereocenters. The van der Waals surface area contributed by atoms with Gasteiger partial charge < -0.3 is 4.84 Å². The Bertz CT molecular complexity index is 645. The predicted octanol–water partition coefficient (Wildman–Crippen LogP) is 2.00. The number of hydroxylamine groups is 1. The summed E-state index contributed by atoms with van der Waals surface area (Å²) in [6.45, 7) is 6.53. The average Bonchev–Trinajstić information content (AvgIpc) is 2.33. The number of allylic oxidation sites excluding steroid dienone is 1. The van der Waals surface area contributed by atoms with Crippen molar-refractivity contribution in [2.75, 3.05) is 10.6 Å². The summed E-state index contributed by atoms with van der Waals surface area (Å²) in [6, 6.07) is 5.54. The van der Waals surface area contributed by atoms with Crippen molar-refractivity contribution in [2.24, 2.45) is 0 Å². The number of rotatable bonds is 5. The van der Waals surface area contributed by atoms with E-state index in [1.165, 1.54) is 17.4 Å². The highest BCUT2D eigenvalue weighted by atomic mass is 32.2. The number of hydrogen-bond acceptors (Lipinski definition) is 5. The number of benzene rings is 1. The topological polar surface area (TPSA) is 75.7 Å². The van der Waals surface area contributed by atoms with E-state index in [0.29, 0.717) is 11.4 Å². The average molecular weight is 312 g/mol. The van der Waals surface area contributed by atoms with Crippen LogP contribution < -0.4 is 9.79 Å². The van der Waals surface area contributed by atoms with E-state index in [2.05, 4.69) is 10.3 Å². The summed E-state index contributed by atoms with van der Waals surface area (Å²) >= 11 is 0. The first-order chi connectivity index (χ1) is 9.62. The molecule has 6 nitrogen and oxygen atoms in total. The lowest BCUT2D eigenvalue weighted by Gasteiger charge is -2.23. The molecule has 0 aromatic heterocycles. The molecule has 21 heavy (non-hydrogen) atoms. The number of hydrogen-bond donors (Lipinski definition) is 1. The van der Waals surface area contributed by atoms with Gasteiger partial charge in [-0.25, -0.2) is 18.2 Å². The molecule has 0 aliphatic carbocycles. The minimum Gasteiger partial charge on any atom is -0.344 e. The predicted molar refractivity (Wildman–Crippen MR) is 81.9 cm³/mol. The molecule has 1 aromatic rings. The Morgan fingerprint density at radius 1 is 1.24 bits per heavy atom. The fraction of sp³-hybridized carbons (Fsp3) is 0.357. The summed E-state index contributed by atoms with van der Waals surface area (Å²) in [5, 5.41) is 0. The molecule has 1 N–H and O–H groups in total. The van der Waals surface area contributed by atoms with Crippen molar-refractivity contribution in [1.29, 1.82) is 0 Å². The van der Waals surface area contributed by atoms with Gasteiger partial charge >= 0.3 is 5.97 Å². The zero-order chi connectivity index (χ0) is 16.2. The molecule has 0 heterocycles. The van der Waals surface area contributed by atoms with Crippen molar-refractivity contribution >= 4 is 21.7 Å². The van der Waals surface area contributed by atoms with E-state index in [0.717, 1.165) is 17.4 Å². The number of anilines is 1. The molecule has 0 bridgehead atoms. The molecule has 0 atom stereocenters. The maximum Gasteiger partial charge on any atom is 0.329 e. The first-order valence-electron chi connectivity index (χ1n) is 6.30. The summed E-state index contributed by atoms with van der Waals surface area (Å²) in [7, 11) is -3.52. The lowest BCUT2D eigenvalue weighted by Crippen LogP contribution is -2.28. The summed E-state index contributed by atoms with van der Waals surface area (Å²) in [5.74, 6) is -0.513. The van der Waals surface area contributed by atoms with Crippen LogP contribution in [0, 0.1) is 13.8 Å². The number of sulfonamides is 1. The van der Waals surface area contributed by atoms with E-state index in [1.807, 2.05) is 32.0 Å². The molecule has 1 rings (SSSR count). The first-order valence-corrected chi connectivity index (χ1v) is 8.15. The van der Waals surface area contributed by atoms with Crippen molar-refractivity contribution in [2.45, 2.75) is 27.7 Å². The number of nitrogens with zero attached hydrogens (tertiary/aromatic N) is 1. The van der Waals surface area contributed by atoms with Crippen LogP contribution in [0.2, 0.25) is 0 Å². The molecular formula is C14H20N2O4S. The highest BCUT2D eigenvalue weighted by Gasteiger charge is 2.19. The lowest BCUT2D eigenvalue weighted by atomic mass is 10.1. The van der Waals surface area contributed by atoms with Crippen LogP contribution >= 0.6 is 0 Å². The van der Waals surface area contributed by atoms with Crippen molar-refractivity contribution < 1.29 is 18.0 Å². The van der Waals surface area contributed by atoms with Crippen LogP contribution in [-0.2, 0) is 19.7 Å². The molecular weight excluding hydrogens is 292 g/mol. The highest BCUT2D eigenvalue weighted by molar-refractivity contribution is 7.92. The molecule has 0 radical (unpaired) electrons. The fourth-order valence-electron chi connectivity index (χ4n) is 1.83. The molecule has 0 aliphatic rings. The van der Waals surface area contributed by atoms with Crippen LogP contribution in [0.25, 0.3) is 0 Å². The molecule has 0 amide bonds. The Morgan fingerprint density at radius 2 is 1.76 bits per heavy atom. The van der Waals surface area contributed by atoms with E-state index in [9.17, 15) is 13.2 Å². The van der Waals surface area contributed by atoms with Crippen LogP contribution in [-0.4, -0.2) is 20.6 Å². The molecule has 0 aliphatic heterocycles. The lowest BCUT2D eigenvalue weighted by molar-refractivity contribution is -0.146. The van der Waals surface area contributed by atoms with Gasteiger partial charge in [-0.2, -0.15) is 0 Å². The van der Waals surface area contributed by atoms with Gasteiger partial charge in [0.1, 0.15) is 0 Å². The van der Waals surface area contributed by atoms with Gasteiger partial charge in [-0.1, -0.05) is 18.2 Å². The number of carbonyl (C=O) groups is 1. The monoisotopic (exact) mass is 312 g/mol. The van der Waals surface area contributed by atoms with Gasteiger partial charge in [-0.15, -0.1) is 0 Å². The number of nitrogens with one attached hydrogen (secondary N) is 1. The van der Waals surface area contributed by atoms with E-state index in [1.54, 1.807) is 6.92 Å². The minimum absolute atomic E-state index is 0.387. The zero-order valence-electron chi connectivity index (χ0n) is 12.8. The fourth-order valence-corrected chi connectivity index (χ4v) is 2.80. The van der Waals surface area contributed by atoms with Crippen LogP contribution in [0.1, 0.15) is 25.0 Å². The summed E-state index contributed by atoms with van der Waals surface area (Å²) in [5.41, 5.74) is 5.03. The molecule has 116 valence electrons. The van der Waals surface area contributed by atoms with Crippen LogP contribution in [0.5, 0.6) is 0 Å². The molecule has 0 saturated heterocycles. The summed E-state index contributed by atoms with van der Waals surface area (Å²) < 4.78 is 25.3. The van der Waals surface area contributed by atoms with E-state index < -0.39 is 16.0 Å². The Morgan fingerprint density at radius 3 is 2.19 bits per heavy atom. The van der Waals surface area contributed by atoms with E-state index in [-0.39, 0.29) is 0 Å². The second-order valence-corrected chi connectivity index (χ2v) is 6.67. The number of aryl methyl sites for hydroxylation is 2. The highest BCUT2D eigenvalue weighted by Crippen LogP contribution is 2.27. The van der Waals surface area contributed by atoms with Crippen molar-refractivity contribution in [3.05, 3.63) is 41.2 Å². The Kier molecular flexibility index (Phi) is 5.37. The number of carbonyl (C=O) groups excluding carboxylic acids is 1. The zero-order valence-corrected chi connectivity index (χ0v) is 13.6. The number of para-hydroxylation sites is 1. The maximum atomic E-state index is 12.1. The van der Waals surface area contributed by atoms with Crippen LogP contribution in [0.3, 0.4) is 0 Å². The molecule has 0 spiro atoms. The molecule has 0 fully saturated rings. The van der Waals surface area contributed by atoms with Gasteiger partial charge in [0.25, 0.3) is 0 Å². The third-order valence-corrected chi connectivity index (χ3v) is 3.69. The largest absolute Gasteiger partial charge is 0.344 e. The SMILES string of the molecule is CC(=O)ONC(C)=CN(c1c(C)cccc1C)S(C)(=O)=O. The van der Waals surface area contributed by atoms with Crippen LogP contribution in [0.15, 0.2) is 30.1 Å². The Labute approximate surface area is 125 Å². The summed E-state index contributed by atoms with van der Waals surface area (Å²) in [4.78, 5) is 15.4. The Balaban J connectivity index is 3.26. The third kappa shape index (κ3) is 4.78. The van der Waals surface area contributed by atoms with Gasteiger partial charge in [0.15, 0.2) is 0 Å². The summed E-state index contributed by atoms with van der Waals surface area (Å²) in [6.07, 6.45) is 2.50. The van der Waals surface area contributed by atoms with E-state index in [4.69, 9.17) is 0 Å². The standard InChI is InChI=1S/C14H20N2O4S/c1-10-7-6-8-11(2)14(10)16(21(5,18)19)9-12(3)15-20-13(4)17/h6-9,15H,1-5H3. The quantitative estimate of drug-likeness (QED) is 0.842. The Hall–Kier alpha value is -2.02. The second kappa shape index (κ2) is 6.62. The van der Waals surface area contributed by atoms with Gasteiger partial charge in [0.2, 0.25) is 10.0 Å². The van der Waals surface area contributed by atoms with Gasteiger partial charge in [0.05, 0.1) is 17.6 Å². The first kappa shape index (κ1) is 17.0. The van der Waals surface area contributed by atoms with Gasteiger partial charge in [-0.3, -0.25) is 4.79 Å². The van der Waals surface area contributed by atoms with Crippen molar-refractivity contribution in [1.82, 2.24) is 5.48 Å². The van der Waals surface area contributed by atoms with E-state index >= 15 is 0 Å². The van der Waals surface area contributed by atoms with Gasteiger partial charge in [-0.05, 0) is 31.9 Å². The smallest absolute Gasteiger partial charge is 0.329 e. The second-order valence-electron chi connectivity index (χ2n) is 4.81. The normalized spacial score (nSPS) is 12.0. The minimum atomic E-state index is -3.52. The molecule has 1 aromatic carbocycles. The van der Waals surface area contributed by atoms with Gasteiger partial charge in [0, 0.05) is 13.1 Å². The third-order valence-electron chi connectivity index (χ3n) is 2.68. The van der Waals surface area contributed by atoms with Crippen molar-refractivity contribution in [3.63, 3.8) is 0 Å². The van der Waals surface area contributed by atoms with Crippen molar-refractivity contribution in [3.8, 4) is 0 Å².